The summed E-state index contributed by atoms with van der Waals surface area (Å²) in [6, 6.07) is -0.557. The second-order valence-corrected chi connectivity index (χ2v) is 16.2. The third-order valence-electron chi connectivity index (χ3n) is 10.6. The molecule has 0 aliphatic rings. The van der Waals surface area contributed by atoms with Gasteiger partial charge in [-0.15, -0.1) is 0 Å². The van der Waals surface area contributed by atoms with Crippen LogP contribution in [0.2, 0.25) is 0 Å². The van der Waals surface area contributed by atoms with Gasteiger partial charge in [-0.05, 0) is 77.0 Å². The zero-order chi connectivity index (χ0) is 42.1. The Morgan fingerprint density at radius 3 is 1.14 bits per heavy atom. The minimum atomic E-state index is -0.677. The summed E-state index contributed by atoms with van der Waals surface area (Å²) in [6.07, 6.45) is 72.1. The van der Waals surface area contributed by atoms with Gasteiger partial charge in [0.1, 0.15) is 0 Å². The summed E-state index contributed by atoms with van der Waals surface area (Å²) < 4.78 is 0. The van der Waals surface area contributed by atoms with Crippen LogP contribution >= 0.6 is 0 Å². The Balaban J connectivity index is 3.65. The van der Waals surface area contributed by atoms with Gasteiger partial charge < -0.3 is 15.5 Å². The Hall–Kier alpha value is -2.69. The first kappa shape index (κ1) is 55.3. The lowest BCUT2D eigenvalue weighted by Gasteiger charge is -2.22. The van der Waals surface area contributed by atoms with E-state index in [1.165, 1.54) is 96.3 Å². The number of carbonyl (C=O) groups excluding carboxylic acids is 1. The van der Waals surface area contributed by atoms with Crippen molar-refractivity contribution in [1.29, 1.82) is 0 Å². The molecule has 0 saturated heterocycles. The zero-order valence-electron chi connectivity index (χ0n) is 38.0. The third-order valence-corrected chi connectivity index (χ3v) is 10.6. The summed E-state index contributed by atoms with van der Waals surface area (Å²) in [6.45, 7) is 4.23. The van der Waals surface area contributed by atoms with Crippen molar-refractivity contribution in [2.45, 2.75) is 231 Å². The van der Waals surface area contributed by atoms with E-state index in [1.807, 2.05) is 0 Å². The molecule has 2 atom stereocenters. The van der Waals surface area contributed by atoms with E-state index >= 15 is 0 Å². The van der Waals surface area contributed by atoms with Crippen LogP contribution in [-0.4, -0.2) is 34.9 Å². The monoisotopic (exact) mass is 804 g/mol. The van der Waals surface area contributed by atoms with E-state index in [-0.39, 0.29) is 12.5 Å². The smallest absolute Gasteiger partial charge is 0.220 e. The highest BCUT2D eigenvalue weighted by Gasteiger charge is 2.20. The molecule has 0 aromatic rings. The van der Waals surface area contributed by atoms with Crippen molar-refractivity contribution < 1.29 is 15.0 Å². The number of unbranched alkanes of at least 4 members (excludes halogenated alkanes) is 20. The van der Waals surface area contributed by atoms with Gasteiger partial charge in [0, 0.05) is 6.42 Å². The van der Waals surface area contributed by atoms with Crippen molar-refractivity contribution in [3.63, 3.8) is 0 Å². The summed E-state index contributed by atoms with van der Waals surface area (Å²) in [5.74, 6) is -0.0591. The van der Waals surface area contributed by atoms with E-state index in [2.05, 4.69) is 116 Å². The first-order valence-corrected chi connectivity index (χ1v) is 24.4. The lowest BCUT2D eigenvalue weighted by Crippen LogP contribution is -2.45. The van der Waals surface area contributed by atoms with Gasteiger partial charge in [0.2, 0.25) is 5.91 Å². The summed E-state index contributed by atoms with van der Waals surface area (Å²) in [5, 5.41) is 23.2. The molecule has 1 amide bonds. The van der Waals surface area contributed by atoms with Crippen molar-refractivity contribution in [2.24, 2.45) is 0 Å². The van der Waals surface area contributed by atoms with E-state index in [4.69, 9.17) is 0 Å². The third kappa shape index (κ3) is 44.4. The largest absolute Gasteiger partial charge is 0.394 e. The van der Waals surface area contributed by atoms with Crippen LogP contribution in [-0.2, 0) is 4.79 Å². The predicted molar refractivity (Wildman–Crippen MR) is 257 cm³/mol. The van der Waals surface area contributed by atoms with Gasteiger partial charge in [0.05, 0.1) is 18.8 Å². The maximum absolute atomic E-state index is 12.4. The number of hydrogen-bond donors (Lipinski definition) is 3. The summed E-state index contributed by atoms with van der Waals surface area (Å²) >= 11 is 0. The number of nitrogens with one attached hydrogen (secondary N) is 1. The van der Waals surface area contributed by atoms with Crippen molar-refractivity contribution in [1.82, 2.24) is 5.32 Å². The second kappa shape index (κ2) is 48.7. The average Bonchev–Trinajstić information content (AvgIpc) is 3.23. The highest BCUT2D eigenvalue weighted by molar-refractivity contribution is 5.76. The van der Waals surface area contributed by atoms with Gasteiger partial charge in [0.15, 0.2) is 0 Å². The van der Waals surface area contributed by atoms with E-state index < -0.39 is 12.1 Å². The highest BCUT2D eigenvalue weighted by Crippen LogP contribution is 2.15. The number of rotatable bonds is 43. The lowest BCUT2D eigenvalue weighted by molar-refractivity contribution is -0.123. The molecule has 0 aliphatic carbocycles. The molecule has 0 aliphatic heterocycles. The fourth-order valence-electron chi connectivity index (χ4n) is 6.90. The number of hydrogen-bond acceptors (Lipinski definition) is 3. The Bertz CT molecular complexity index is 1090. The Kier molecular flexibility index (Phi) is 46.4. The van der Waals surface area contributed by atoms with Crippen LogP contribution < -0.4 is 5.32 Å². The van der Waals surface area contributed by atoms with Gasteiger partial charge >= 0.3 is 0 Å². The summed E-state index contributed by atoms with van der Waals surface area (Å²) in [7, 11) is 0. The molecular formula is C54H93NO3. The Morgan fingerprint density at radius 1 is 0.431 bits per heavy atom. The standard InChI is InChI=1S/C54H93NO3/c1-3-5-7-9-11-13-15-17-19-21-22-23-24-25-26-27-28-29-30-31-32-34-36-38-40-42-44-46-48-50-54(58)55-52(51-56)53(57)49-47-45-43-41-39-37-35-33-20-18-16-14-12-10-8-6-4-2/h5,7,11,13,17,19,22-23,25-26,28-29,31-32,36,38,52-53,56-57H,3-4,6,8-10,12,14-16,18,20-21,24,27,30,33-35,37,39-51H2,1-2H3,(H,55,58)/b7-5-,13-11-,19-17-,23-22-,26-25-,29-28-,32-31-,38-36-. The molecule has 0 fully saturated rings. The lowest BCUT2D eigenvalue weighted by atomic mass is 10.0. The van der Waals surface area contributed by atoms with Crippen molar-refractivity contribution >= 4 is 5.91 Å². The molecule has 0 heterocycles. The van der Waals surface area contributed by atoms with E-state index in [0.717, 1.165) is 96.3 Å². The van der Waals surface area contributed by atoms with E-state index in [1.54, 1.807) is 0 Å². The molecule has 0 spiro atoms. The van der Waals surface area contributed by atoms with Crippen LogP contribution in [0.15, 0.2) is 97.2 Å². The number of amides is 1. The molecule has 4 heteroatoms. The SMILES string of the molecule is CC/C=C\C/C=C\C/C=C\C/C=C\C/C=C\C/C=C\C/C=C\C/C=C\CCCCCCC(=O)NC(CO)C(O)CCCCCCCCCCCCCCCCCCC. The van der Waals surface area contributed by atoms with Crippen LogP contribution in [0.4, 0.5) is 0 Å². The highest BCUT2D eigenvalue weighted by atomic mass is 16.3. The van der Waals surface area contributed by atoms with Gasteiger partial charge in [0.25, 0.3) is 0 Å². The van der Waals surface area contributed by atoms with Gasteiger partial charge in [-0.2, -0.15) is 0 Å². The molecule has 58 heavy (non-hydrogen) atoms. The Morgan fingerprint density at radius 2 is 0.759 bits per heavy atom. The van der Waals surface area contributed by atoms with Crippen LogP contribution in [0.25, 0.3) is 0 Å². The molecule has 0 saturated carbocycles. The molecule has 2 unspecified atom stereocenters. The first-order valence-electron chi connectivity index (χ1n) is 24.4. The van der Waals surface area contributed by atoms with E-state index in [9.17, 15) is 15.0 Å². The number of aliphatic hydroxyl groups excluding tert-OH is 2. The molecule has 0 aromatic carbocycles. The summed E-state index contributed by atoms with van der Waals surface area (Å²) in [4.78, 5) is 12.4. The quantitative estimate of drug-likeness (QED) is 0.0425. The minimum Gasteiger partial charge on any atom is -0.394 e. The maximum Gasteiger partial charge on any atom is 0.220 e. The molecule has 0 rings (SSSR count). The summed E-state index contributed by atoms with van der Waals surface area (Å²) in [5.41, 5.74) is 0. The minimum absolute atomic E-state index is 0.0591. The van der Waals surface area contributed by atoms with Crippen LogP contribution in [0.1, 0.15) is 219 Å². The topological polar surface area (TPSA) is 69.6 Å². The first-order chi connectivity index (χ1) is 28.7. The van der Waals surface area contributed by atoms with Crippen LogP contribution in [0, 0.1) is 0 Å². The van der Waals surface area contributed by atoms with Crippen LogP contribution in [0.5, 0.6) is 0 Å². The fourth-order valence-corrected chi connectivity index (χ4v) is 6.90. The number of carbonyl (C=O) groups is 1. The van der Waals surface area contributed by atoms with Crippen LogP contribution in [0.3, 0.4) is 0 Å². The number of aliphatic hydroxyl groups is 2. The second-order valence-electron chi connectivity index (χ2n) is 16.2. The van der Waals surface area contributed by atoms with Crippen molar-refractivity contribution in [3.8, 4) is 0 Å². The zero-order valence-corrected chi connectivity index (χ0v) is 38.0. The maximum atomic E-state index is 12.4. The molecule has 3 N–H and O–H groups in total. The van der Waals surface area contributed by atoms with Gasteiger partial charge in [-0.1, -0.05) is 233 Å². The average molecular weight is 804 g/mol. The van der Waals surface area contributed by atoms with E-state index in [0.29, 0.717) is 12.8 Å². The Labute approximate surface area is 360 Å². The molecule has 0 aromatic heterocycles. The van der Waals surface area contributed by atoms with Gasteiger partial charge in [-0.25, -0.2) is 0 Å². The van der Waals surface area contributed by atoms with Crippen molar-refractivity contribution in [2.75, 3.05) is 6.61 Å². The molecular weight excluding hydrogens is 711 g/mol. The normalized spacial score (nSPS) is 13.8. The number of allylic oxidation sites excluding steroid dienone is 16. The molecule has 332 valence electrons. The van der Waals surface area contributed by atoms with Crippen molar-refractivity contribution in [3.05, 3.63) is 97.2 Å². The molecule has 4 nitrogen and oxygen atoms in total. The predicted octanol–water partition coefficient (Wildman–Crippen LogP) is 15.8. The molecule has 0 bridgehead atoms. The molecule has 0 radical (unpaired) electrons. The fraction of sp³-hybridized carbons (Fsp3) is 0.685. The van der Waals surface area contributed by atoms with Gasteiger partial charge in [-0.3, -0.25) is 4.79 Å².